The Balaban J connectivity index is 2.96. The lowest BCUT2D eigenvalue weighted by Crippen LogP contribution is -1.65. The van der Waals surface area contributed by atoms with Crippen LogP contribution in [-0.4, -0.2) is 0 Å². The van der Waals surface area contributed by atoms with Crippen LogP contribution in [0.25, 0.3) is 6.08 Å². The number of hydrogen-bond acceptors (Lipinski definition) is 2. The van der Waals surface area contributed by atoms with Gasteiger partial charge in [-0.1, -0.05) is 0 Å². The van der Waals surface area contributed by atoms with Crippen molar-refractivity contribution in [2.75, 3.05) is 0 Å². The Morgan fingerprint density at radius 3 is 2.73 bits per heavy atom. The quantitative estimate of drug-likeness (QED) is 0.584. The Morgan fingerprint density at radius 2 is 2.27 bits per heavy atom. The van der Waals surface area contributed by atoms with Crippen LogP contribution in [0.15, 0.2) is 12.1 Å². The van der Waals surface area contributed by atoms with Crippen molar-refractivity contribution in [1.82, 2.24) is 0 Å². The highest BCUT2D eigenvalue weighted by Crippen LogP contribution is 2.21. The lowest BCUT2D eigenvalue weighted by atomic mass is 10.2. The van der Waals surface area contributed by atoms with Gasteiger partial charge in [0.25, 0.3) is 0 Å². The summed E-state index contributed by atoms with van der Waals surface area (Å²) >= 11 is 1.76. The van der Waals surface area contributed by atoms with E-state index in [0.717, 1.165) is 5.56 Å². The number of nitrogens with zero attached hydrogens (tertiary/aromatic N) is 1. The monoisotopic (exact) mass is 163 g/mol. The van der Waals surface area contributed by atoms with E-state index in [2.05, 4.69) is 19.9 Å². The van der Waals surface area contributed by atoms with Crippen molar-refractivity contribution in [1.29, 1.82) is 5.26 Å². The van der Waals surface area contributed by atoms with Crippen molar-refractivity contribution in [2.45, 2.75) is 13.8 Å². The summed E-state index contributed by atoms with van der Waals surface area (Å²) in [5.74, 6) is 0. The molecule has 0 aliphatic heterocycles. The van der Waals surface area contributed by atoms with Crippen LogP contribution in [0.1, 0.15) is 15.3 Å². The molecule has 0 atom stereocenters. The number of allylic oxidation sites excluding steroid dienone is 1. The second-order valence-electron chi connectivity index (χ2n) is 2.33. The van der Waals surface area contributed by atoms with Crippen LogP contribution in [0.3, 0.4) is 0 Å². The molecular formula is C9H9NS. The van der Waals surface area contributed by atoms with E-state index in [1.54, 1.807) is 11.3 Å². The number of aryl methyl sites for hydroxylation is 2. The Bertz CT molecular complexity index is 315. The summed E-state index contributed by atoms with van der Waals surface area (Å²) in [4.78, 5) is 2.56. The van der Waals surface area contributed by atoms with Crippen LogP contribution in [-0.2, 0) is 0 Å². The van der Waals surface area contributed by atoms with Gasteiger partial charge in [-0.05, 0) is 31.6 Å². The van der Waals surface area contributed by atoms with Crippen LogP contribution < -0.4 is 0 Å². The first-order valence-corrected chi connectivity index (χ1v) is 4.19. The third-order valence-corrected chi connectivity index (χ3v) is 2.40. The van der Waals surface area contributed by atoms with E-state index >= 15 is 0 Å². The van der Waals surface area contributed by atoms with Gasteiger partial charge in [-0.15, -0.1) is 11.3 Å². The summed E-state index contributed by atoms with van der Waals surface area (Å²) in [7, 11) is 0. The third-order valence-electron chi connectivity index (χ3n) is 1.42. The molecule has 0 fully saturated rings. The molecule has 0 bridgehead atoms. The van der Waals surface area contributed by atoms with E-state index in [4.69, 9.17) is 5.26 Å². The maximum atomic E-state index is 8.29. The maximum Gasteiger partial charge on any atom is 0.0912 e. The third kappa shape index (κ3) is 1.92. The second-order valence-corrected chi connectivity index (χ2v) is 3.79. The fourth-order valence-electron chi connectivity index (χ4n) is 0.943. The molecule has 0 aliphatic carbocycles. The van der Waals surface area contributed by atoms with Gasteiger partial charge in [0.15, 0.2) is 0 Å². The largest absolute Gasteiger partial charge is 0.193 e. The topological polar surface area (TPSA) is 23.8 Å². The first-order chi connectivity index (χ1) is 5.24. The minimum Gasteiger partial charge on any atom is -0.193 e. The van der Waals surface area contributed by atoms with Gasteiger partial charge in [-0.25, -0.2) is 0 Å². The molecule has 56 valence electrons. The number of hydrogen-bond donors (Lipinski definition) is 0. The first kappa shape index (κ1) is 8.03. The minimum absolute atomic E-state index is 1.16. The average molecular weight is 163 g/mol. The zero-order valence-electron chi connectivity index (χ0n) is 6.59. The summed E-state index contributed by atoms with van der Waals surface area (Å²) in [6.45, 7) is 4.14. The summed E-state index contributed by atoms with van der Waals surface area (Å²) in [6.07, 6.45) is 3.35. The van der Waals surface area contributed by atoms with Crippen molar-refractivity contribution < 1.29 is 0 Å². The zero-order chi connectivity index (χ0) is 8.27. The Morgan fingerprint density at radius 1 is 1.55 bits per heavy atom. The van der Waals surface area contributed by atoms with E-state index in [9.17, 15) is 0 Å². The second kappa shape index (κ2) is 3.36. The molecule has 1 nitrogen and oxygen atoms in total. The molecule has 0 saturated carbocycles. The molecule has 0 N–H and O–H groups in total. The molecule has 0 unspecified atom stereocenters. The van der Waals surface area contributed by atoms with Crippen LogP contribution in [0.4, 0.5) is 0 Å². The van der Waals surface area contributed by atoms with Crippen LogP contribution in [0.2, 0.25) is 0 Å². The van der Waals surface area contributed by atoms with Crippen molar-refractivity contribution in [3.8, 4) is 6.07 Å². The molecular weight excluding hydrogens is 154 g/mol. The minimum atomic E-state index is 1.16. The standard InChI is InChI=1S/C9H9NS/c1-7-6-9(4-3-5-10)8(2)11-7/h3-4,6H,1-2H3. The predicted molar refractivity (Wildman–Crippen MR) is 48.4 cm³/mol. The Labute approximate surface area is 70.6 Å². The maximum absolute atomic E-state index is 8.29. The highest BCUT2D eigenvalue weighted by molar-refractivity contribution is 7.12. The van der Waals surface area contributed by atoms with E-state index in [-0.39, 0.29) is 0 Å². The summed E-state index contributed by atoms with van der Waals surface area (Å²) < 4.78 is 0. The summed E-state index contributed by atoms with van der Waals surface area (Å²) in [5, 5.41) is 8.29. The SMILES string of the molecule is Cc1cc(C=CC#N)c(C)s1. The fraction of sp³-hybridized carbons (Fsp3) is 0.222. The van der Waals surface area contributed by atoms with E-state index in [1.807, 2.05) is 12.1 Å². The summed E-state index contributed by atoms with van der Waals surface area (Å²) in [6, 6.07) is 4.07. The summed E-state index contributed by atoms with van der Waals surface area (Å²) in [5.41, 5.74) is 1.16. The number of rotatable bonds is 1. The molecule has 0 aromatic carbocycles. The first-order valence-electron chi connectivity index (χ1n) is 3.37. The van der Waals surface area contributed by atoms with Gasteiger partial charge in [0.1, 0.15) is 0 Å². The highest BCUT2D eigenvalue weighted by atomic mass is 32.1. The number of nitriles is 1. The predicted octanol–water partition coefficient (Wildman–Crippen LogP) is 2.90. The molecule has 1 aromatic rings. The van der Waals surface area contributed by atoms with E-state index in [0.29, 0.717) is 0 Å². The number of thiophene rings is 1. The molecule has 1 rings (SSSR count). The molecule has 11 heavy (non-hydrogen) atoms. The molecule has 1 aromatic heterocycles. The fourth-order valence-corrected chi connectivity index (χ4v) is 1.86. The molecule has 0 amide bonds. The molecule has 0 radical (unpaired) electrons. The Hall–Kier alpha value is -1.07. The molecule has 1 heterocycles. The average Bonchev–Trinajstić information content (AvgIpc) is 2.26. The molecule has 2 heteroatoms. The van der Waals surface area contributed by atoms with Gasteiger partial charge in [0, 0.05) is 15.8 Å². The van der Waals surface area contributed by atoms with Gasteiger partial charge < -0.3 is 0 Å². The van der Waals surface area contributed by atoms with Crippen molar-refractivity contribution in [3.63, 3.8) is 0 Å². The highest BCUT2D eigenvalue weighted by Gasteiger charge is 1.97. The normalized spacial score (nSPS) is 10.3. The van der Waals surface area contributed by atoms with Gasteiger partial charge in [0.05, 0.1) is 6.07 Å². The van der Waals surface area contributed by atoms with Crippen LogP contribution >= 0.6 is 11.3 Å². The van der Waals surface area contributed by atoms with Crippen LogP contribution in [0, 0.1) is 25.2 Å². The molecule has 0 aliphatic rings. The van der Waals surface area contributed by atoms with Gasteiger partial charge in [0.2, 0.25) is 0 Å². The zero-order valence-corrected chi connectivity index (χ0v) is 7.40. The van der Waals surface area contributed by atoms with Crippen molar-refractivity contribution >= 4 is 17.4 Å². The smallest absolute Gasteiger partial charge is 0.0912 e. The van der Waals surface area contributed by atoms with Crippen molar-refractivity contribution in [2.24, 2.45) is 0 Å². The van der Waals surface area contributed by atoms with E-state index in [1.165, 1.54) is 15.8 Å². The van der Waals surface area contributed by atoms with Gasteiger partial charge in [-0.3, -0.25) is 0 Å². The van der Waals surface area contributed by atoms with Gasteiger partial charge in [-0.2, -0.15) is 5.26 Å². The van der Waals surface area contributed by atoms with Crippen molar-refractivity contribution in [3.05, 3.63) is 27.5 Å². The van der Waals surface area contributed by atoms with E-state index < -0.39 is 0 Å². The van der Waals surface area contributed by atoms with Crippen LogP contribution in [0.5, 0.6) is 0 Å². The molecule has 0 spiro atoms. The molecule has 0 saturated heterocycles. The Kier molecular flexibility index (Phi) is 2.45. The van der Waals surface area contributed by atoms with Gasteiger partial charge >= 0.3 is 0 Å². The lowest BCUT2D eigenvalue weighted by Gasteiger charge is -1.84. The lowest BCUT2D eigenvalue weighted by molar-refractivity contribution is 1.53.